The molecule has 1 aliphatic heterocycles. The van der Waals surface area contributed by atoms with E-state index in [1.165, 1.54) is 12.1 Å². The highest BCUT2D eigenvalue weighted by Crippen LogP contribution is 2.37. The van der Waals surface area contributed by atoms with Gasteiger partial charge in [0.25, 0.3) is 5.91 Å². The molecular weight excluding hydrogens is 419 g/mol. The highest BCUT2D eigenvalue weighted by Gasteiger charge is 2.34. The smallest absolute Gasteiger partial charge is 0.255 e. The first-order valence-corrected chi connectivity index (χ1v) is 10.5. The number of allylic oxidation sites excluding steroid dienone is 1. The van der Waals surface area contributed by atoms with E-state index >= 15 is 0 Å². The van der Waals surface area contributed by atoms with Crippen LogP contribution in [-0.4, -0.2) is 25.7 Å². The van der Waals surface area contributed by atoms with E-state index in [2.05, 4.69) is 20.6 Å². The zero-order valence-electron chi connectivity index (χ0n) is 18.1. The Morgan fingerprint density at radius 3 is 2.64 bits per heavy atom. The first-order valence-electron chi connectivity index (χ1n) is 10.5. The van der Waals surface area contributed by atoms with Crippen LogP contribution in [0.1, 0.15) is 24.1 Å². The monoisotopic (exact) mass is 440 g/mol. The summed E-state index contributed by atoms with van der Waals surface area (Å²) in [6.07, 6.45) is 3.25. The minimum atomic E-state index is -0.500. The van der Waals surface area contributed by atoms with Crippen LogP contribution < -0.4 is 10.6 Å². The molecule has 3 heterocycles. The molecule has 0 saturated heterocycles. The fourth-order valence-electron chi connectivity index (χ4n) is 3.95. The molecule has 1 unspecified atom stereocenters. The van der Waals surface area contributed by atoms with Crippen molar-refractivity contribution < 1.29 is 9.18 Å². The van der Waals surface area contributed by atoms with Crippen LogP contribution in [0.15, 0.2) is 84.3 Å². The lowest BCUT2D eigenvalue weighted by Gasteiger charge is -2.28. The molecule has 1 aliphatic rings. The van der Waals surface area contributed by atoms with Crippen molar-refractivity contribution in [2.24, 2.45) is 0 Å². The average molecular weight is 440 g/mol. The first kappa shape index (κ1) is 20.6. The van der Waals surface area contributed by atoms with Gasteiger partial charge in [-0.05, 0) is 55.8 Å². The number of carbonyl (C=O) groups is 1. The molecule has 2 N–H and O–H groups in total. The lowest BCUT2D eigenvalue weighted by molar-refractivity contribution is -0.113. The molecule has 1 amide bonds. The van der Waals surface area contributed by atoms with E-state index in [1.54, 1.807) is 41.3 Å². The van der Waals surface area contributed by atoms with Gasteiger partial charge in [0.15, 0.2) is 5.82 Å². The molecular formula is C25H21FN6O. The summed E-state index contributed by atoms with van der Waals surface area (Å²) in [5.41, 5.74) is 4.45. The minimum Gasteiger partial charge on any atom is -0.328 e. The van der Waals surface area contributed by atoms with Gasteiger partial charge in [0, 0.05) is 17.5 Å². The van der Waals surface area contributed by atoms with Gasteiger partial charge in [-0.1, -0.05) is 29.8 Å². The summed E-state index contributed by atoms with van der Waals surface area (Å²) in [4.78, 5) is 22.1. The summed E-state index contributed by atoms with van der Waals surface area (Å²) >= 11 is 0. The highest BCUT2D eigenvalue weighted by molar-refractivity contribution is 6.05. The maximum absolute atomic E-state index is 13.4. The average Bonchev–Trinajstić information content (AvgIpc) is 3.22. The molecule has 33 heavy (non-hydrogen) atoms. The van der Waals surface area contributed by atoms with Crippen LogP contribution >= 0.6 is 0 Å². The number of anilines is 2. The number of aromatic nitrogens is 4. The minimum absolute atomic E-state index is 0.260. The van der Waals surface area contributed by atoms with Gasteiger partial charge < -0.3 is 10.6 Å². The van der Waals surface area contributed by atoms with Crippen molar-refractivity contribution >= 4 is 17.5 Å². The summed E-state index contributed by atoms with van der Waals surface area (Å²) in [5, 5.41) is 10.8. The zero-order chi connectivity index (χ0) is 22.9. The standard InChI is InChI=1S/C25H21FN6O/c1-15-5-3-6-18(13-15)22-21(24(33)29-20-7-4-12-27-14-20)16(2)28-25-30-23(31-32(22)25)17-8-10-19(26)11-9-17/h3-14,22H,1-2H3,(H,29,33)(H,28,30,31). The van der Waals surface area contributed by atoms with Crippen molar-refractivity contribution in [1.82, 2.24) is 19.7 Å². The summed E-state index contributed by atoms with van der Waals surface area (Å²) in [6.45, 7) is 3.85. The molecule has 0 bridgehead atoms. The number of rotatable bonds is 4. The van der Waals surface area contributed by atoms with Gasteiger partial charge in [-0.3, -0.25) is 9.78 Å². The molecule has 2 aromatic heterocycles. The molecule has 0 saturated carbocycles. The fraction of sp³-hybridized carbons (Fsp3) is 0.120. The van der Waals surface area contributed by atoms with E-state index in [-0.39, 0.29) is 11.7 Å². The molecule has 0 radical (unpaired) electrons. The number of halogens is 1. The molecule has 0 spiro atoms. The van der Waals surface area contributed by atoms with Gasteiger partial charge in [-0.25, -0.2) is 9.07 Å². The summed E-state index contributed by atoms with van der Waals surface area (Å²) in [5.74, 6) is 0.363. The lowest BCUT2D eigenvalue weighted by atomic mass is 9.94. The molecule has 2 aromatic carbocycles. The van der Waals surface area contributed by atoms with Crippen molar-refractivity contribution in [2.45, 2.75) is 19.9 Å². The van der Waals surface area contributed by atoms with Crippen molar-refractivity contribution in [2.75, 3.05) is 10.6 Å². The number of carbonyl (C=O) groups excluding carboxylic acids is 1. The number of aryl methyl sites for hydroxylation is 1. The summed E-state index contributed by atoms with van der Waals surface area (Å²) in [7, 11) is 0. The van der Waals surface area contributed by atoms with Gasteiger partial charge in [0.05, 0.1) is 17.5 Å². The van der Waals surface area contributed by atoms with E-state index in [1.807, 2.05) is 38.1 Å². The Morgan fingerprint density at radius 1 is 1.09 bits per heavy atom. The van der Waals surface area contributed by atoms with E-state index in [9.17, 15) is 9.18 Å². The van der Waals surface area contributed by atoms with Crippen LogP contribution in [-0.2, 0) is 4.79 Å². The summed E-state index contributed by atoms with van der Waals surface area (Å²) in [6, 6.07) is 17.0. The molecule has 0 aliphatic carbocycles. The molecule has 1 atom stereocenters. The maximum atomic E-state index is 13.4. The van der Waals surface area contributed by atoms with Crippen LogP contribution in [0.2, 0.25) is 0 Å². The maximum Gasteiger partial charge on any atom is 0.255 e. The molecule has 0 fully saturated rings. The highest BCUT2D eigenvalue weighted by atomic mass is 19.1. The van der Waals surface area contributed by atoms with Gasteiger partial charge in [-0.15, -0.1) is 5.10 Å². The predicted octanol–water partition coefficient (Wildman–Crippen LogP) is 4.72. The van der Waals surface area contributed by atoms with Crippen LogP contribution in [0.4, 0.5) is 16.0 Å². The zero-order valence-corrected chi connectivity index (χ0v) is 18.1. The Balaban J connectivity index is 1.61. The second-order valence-corrected chi connectivity index (χ2v) is 7.89. The van der Waals surface area contributed by atoms with Crippen LogP contribution in [0.5, 0.6) is 0 Å². The summed E-state index contributed by atoms with van der Waals surface area (Å²) < 4.78 is 15.1. The Kier molecular flexibility index (Phi) is 5.18. The second-order valence-electron chi connectivity index (χ2n) is 7.89. The molecule has 8 heteroatoms. The predicted molar refractivity (Wildman–Crippen MR) is 124 cm³/mol. The normalized spacial score (nSPS) is 15.1. The van der Waals surface area contributed by atoms with Crippen molar-refractivity contribution in [3.05, 3.63) is 101 Å². The lowest BCUT2D eigenvalue weighted by Crippen LogP contribution is -2.31. The van der Waals surface area contributed by atoms with Crippen LogP contribution in [0.25, 0.3) is 11.4 Å². The first-order chi connectivity index (χ1) is 16.0. The van der Waals surface area contributed by atoms with Crippen LogP contribution in [0.3, 0.4) is 0 Å². The SMILES string of the molecule is CC1=C(C(=O)Nc2cccnc2)C(c2cccc(C)c2)n2nc(-c3ccc(F)cc3)nc2N1. The van der Waals surface area contributed by atoms with E-state index in [4.69, 9.17) is 5.10 Å². The number of nitrogens with one attached hydrogen (secondary N) is 2. The van der Waals surface area contributed by atoms with Gasteiger partial charge in [0.2, 0.25) is 5.95 Å². The van der Waals surface area contributed by atoms with Gasteiger partial charge >= 0.3 is 0 Å². The van der Waals surface area contributed by atoms with E-state index < -0.39 is 6.04 Å². The Bertz CT molecular complexity index is 1360. The number of nitrogens with zero attached hydrogens (tertiary/aromatic N) is 4. The third-order valence-corrected chi connectivity index (χ3v) is 5.48. The fourth-order valence-corrected chi connectivity index (χ4v) is 3.95. The van der Waals surface area contributed by atoms with Crippen molar-refractivity contribution in [1.29, 1.82) is 0 Å². The number of fused-ring (bicyclic) bond motifs is 1. The van der Waals surface area contributed by atoms with Gasteiger partial charge in [-0.2, -0.15) is 4.98 Å². The third kappa shape index (κ3) is 3.98. The van der Waals surface area contributed by atoms with Crippen molar-refractivity contribution in [3.63, 3.8) is 0 Å². The number of hydrogen-bond donors (Lipinski definition) is 2. The molecule has 164 valence electrons. The second kappa shape index (κ2) is 8.31. The number of benzene rings is 2. The molecule has 5 rings (SSSR count). The van der Waals surface area contributed by atoms with Gasteiger partial charge in [0.1, 0.15) is 11.9 Å². The number of hydrogen-bond acceptors (Lipinski definition) is 5. The Morgan fingerprint density at radius 2 is 1.91 bits per heavy atom. The molecule has 4 aromatic rings. The number of pyridine rings is 1. The topological polar surface area (TPSA) is 84.7 Å². The van der Waals surface area contributed by atoms with Crippen molar-refractivity contribution in [3.8, 4) is 11.4 Å². The number of amides is 1. The Hall–Kier alpha value is -4.33. The van der Waals surface area contributed by atoms with E-state index in [0.717, 1.165) is 11.1 Å². The largest absolute Gasteiger partial charge is 0.328 e. The quantitative estimate of drug-likeness (QED) is 0.480. The Labute approximate surface area is 190 Å². The van der Waals surface area contributed by atoms with Crippen LogP contribution in [0, 0.1) is 12.7 Å². The third-order valence-electron chi connectivity index (χ3n) is 5.48. The molecule has 7 nitrogen and oxygen atoms in total. The van der Waals surface area contributed by atoms with E-state index in [0.29, 0.717) is 34.3 Å².